The normalized spacial score (nSPS) is 11.7. The van der Waals surface area contributed by atoms with Crippen LogP contribution in [0.15, 0.2) is 29.6 Å². The SMILES string of the molecule is C=NO/C(=C\CCO)c1cccnc1NC(=O)OC(C)(C)C. The van der Waals surface area contributed by atoms with Gasteiger partial charge in [-0.05, 0) is 45.4 Å². The lowest BCUT2D eigenvalue weighted by Crippen LogP contribution is -2.27. The Hall–Kier alpha value is -2.41. The number of nitrogens with zero attached hydrogens (tertiary/aromatic N) is 2. The Morgan fingerprint density at radius 1 is 1.55 bits per heavy atom. The van der Waals surface area contributed by atoms with Gasteiger partial charge < -0.3 is 14.7 Å². The fraction of sp³-hybridized carbons (Fsp3) is 0.400. The van der Waals surface area contributed by atoms with Gasteiger partial charge in [-0.2, -0.15) is 0 Å². The number of aromatic nitrogens is 1. The van der Waals surface area contributed by atoms with E-state index in [1.807, 2.05) is 0 Å². The second-order valence-electron chi connectivity index (χ2n) is 5.33. The van der Waals surface area contributed by atoms with Crippen LogP contribution in [0.2, 0.25) is 0 Å². The van der Waals surface area contributed by atoms with Gasteiger partial charge in [0.15, 0.2) is 5.76 Å². The molecule has 7 heteroatoms. The first-order valence-electron chi connectivity index (χ1n) is 6.77. The molecule has 7 nitrogen and oxygen atoms in total. The molecule has 0 fully saturated rings. The summed E-state index contributed by atoms with van der Waals surface area (Å²) in [6.07, 6.45) is 2.90. The lowest BCUT2D eigenvalue weighted by atomic mass is 10.2. The maximum atomic E-state index is 11.9. The maximum absolute atomic E-state index is 11.9. The number of carbonyl (C=O) groups is 1. The van der Waals surface area contributed by atoms with Gasteiger partial charge in [-0.15, -0.1) is 0 Å². The van der Waals surface area contributed by atoms with Crippen molar-refractivity contribution in [3.8, 4) is 0 Å². The molecule has 0 aliphatic rings. The Kier molecular flexibility index (Phi) is 6.52. The van der Waals surface area contributed by atoms with Crippen molar-refractivity contribution in [3.63, 3.8) is 0 Å². The second kappa shape index (κ2) is 8.14. The molecule has 120 valence electrons. The van der Waals surface area contributed by atoms with E-state index in [1.165, 1.54) is 6.20 Å². The highest BCUT2D eigenvalue weighted by atomic mass is 16.6. The Bertz CT molecular complexity index is 550. The summed E-state index contributed by atoms with van der Waals surface area (Å²) in [6, 6.07) is 3.39. The van der Waals surface area contributed by atoms with Crippen LogP contribution >= 0.6 is 0 Å². The molecule has 0 aliphatic heterocycles. The first-order valence-corrected chi connectivity index (χ1v) is 6.77. The highest BCUT2D eigenvalue weighted by Gasteiger charge is 2.19. The van der Waals surface area contributed by atoms with Crippen molar-refractivity contribution in [1.82, 2.24) is 4.98 Å². The van der Waals surface area contributed by atoms with Crippen molar-refractivity contribution >= 4 is 24.4 Å². The number of rotatable bonds is 6. The van der Waals surface area contributed by atoms with E-state index in [0.717, 1.165) is 0 Å². The van der Waals surface area contributed by atoms with Crippen molar-refractivity contribution in [1.29, 1.82) is 0 Å². The summed E-state index contributed by atoms with van der Waals surface area (Å²) in [5.41, 5.74) is -0.109. The monoisotopic (exact) mass is 307 g/mol. The molecular formula is C15H21N3O4. The minimum atomic E-state index is -0.625. The average molecular weight is 307 g/mol. The molecule has 0 bridgehead atoms. The number of amides is 1. The summed E-state index contributed by atoms with van der Waals surface area (Å²) in [7, 11) is 0. The fourth-order valence-corrected chi connectivity index (χ4v) is 1.57. The van der Waals surface area contributed by atoms with Crippen molar-refractivity contribution in [3.05, 3.63) is 30.0 Å². The van der Waals surface area contributed by atoms with E-state index < -0.39 is 11.7 Å². The van der Waals surface area contributed by atoms with Crippen molar-refractivity contribution in [2.45, 2.75) is 32.8 Å². The molecule has 1 aromatic rings. The molecule has 0 saturated heterocycles. The van der Waals surface area contributed by atoms with Gasteiger partial charge in [0.1, 0.15) is 11.4 Å². The molecule has 22 heavy (non-hydrogen) atoms. The van der Waals surface area contributed by atoms with Crippen LogP contribution in [0.5, 0.6) is 0 Å². The highest BCUT2D eigenvalue weighted by Crippen LogP contribution is 2.24. The summed E-state index contributed by atoms with van der Waals surface area (Å²) < 4.78 is 5.19. The molecule has 0 unspecified atom stereocenters. The number of carbonyl (C=O) groups excluding carboxylic acids is 1. The summed E-state index contributed by atoms with van der Waals surface area (Å²) in [5, 5.41) is 14.9. The number of nitrogens with one attached hydrogen (secondary N) is 1. The van der Waals surface area contributed by atoms with Gasteiger partial charge in [-0.1, -0.05) is 5.16 Å². The second-order valence-corrected chi connectivity index (χ2v) is 5.33. The largest absolute Gasteiger partial charge is 0.444 e. The van der Waals surface area contributed by atoms with E-state index in [2.05, 4.69) is 22.2 Å². The van der Waals surface area contributed by atoms with Crippen LogP contribution < -0.4 is 5.32 Å². The predicted octanol–water partition coefficient (Wildman–Crippen LogP) is 2.78. The van der Waals surface area contributed by atoms with Crippen LogP contribution in [0.3, 0.4) is 0 Å². The minimum Gasteiger partial charge on any atom is -0.444 e. The Morgan fingerprint density at radius 2 is 2.27 bits per heavy atom. The van der Waals surface area contributed by atoms with E-state index in [-0.39, 0.29) is 12.4 Å². The third-order valence-corrected chi connectivity index (χ3v) is 2.31. The number of hydrogen-bond acceptors (Lipinski definition) is 6. The van der Waals surface area contributed by atoms with Gasteiger partial charge >= 0.3 is 6.09 Å². The summed E-state index contributed by atoms with van der Waals surface area (Å²) >= 11 is 0. The number of oxime groups is 1. The summed E-state index contributed by atoms with van der Waals surface area (Å²) in [5.74, 6) is 0.604. The Balaban J connectivity index is 3.02. The molecule has 1 heterocycles. The molecular weight excluding hydrogens is 286 g/mol. The zero-order valence-corrected chi connectivity index (χ0v) is 13.0. The standard InChI is InChI=1S/C15H21N3O4/c1-15(2,3)21-14(20)18-13-11(7-5-9-17-13)12(22-16-4)8-6-10-19/h5,7-9,19H,4,6,10H2,1-3H3,(H,17,18,20)/b12-8-. The fourth-order valence-electron chi connectivity index (χ4n) is 1.57. The number of hydrogen-bond donors (Lipinski definition) is 2. The summed E-state index contributed by atoms with van der Waals surface area (Å²) in [4.78, 5) is 21.1. The van der Waals surface area contributed by atoms with Crippen LogP contribution in [0.4, 0.5) is 10.6 Å². The van der Waals surface area contributed by atoms with E-state index in [0.29, 0.717) is 17.7 Å². The highest BCUT2D eigenvalue weighted by molar-refractivity contribution is 5.87. The van der Waals surface area contributed by atoms with Crippen molar-refractivity contribution in [2.75, 3.05) is 11.9 Å². The van der Waals surface area contributed by atoms with E-state index in [1.54, 1.807) is 39.0 Å². The quantitative estimate of drug-likeness (QED) is 0.479. The number of aliphatic hydroxyl groups is 1. The third-order valence-electron chi connectivity index (χ3n) is 2.31. The number of aliphatic hydroxyl groups excluding tert-OH is 1. The van der Waals surface area contributed by atoms with Crippen LogP contribution in [0.1, 0.15) is 32.8 Å². The zero-order chi connectivity index (χ0) is 16.6. The van der Waals surface area contributed by atoms with Gasteiger partial charge in [0, 0.05) is 19.5 Å². The lowest BCUT2D eigenvalue weighted by molar-refractivity contribution is 0.0635. The van der Waals surface area contributed by atoms with Gasteiger partial charge in [0.2, 0.25) is 0 Å². The van der Waals surface area contributed by atoms with Crippen LogP contribution in [-0.2, 0) is 9.57 Å². The van der Waals surface area contributed by atoms with E-state index >= 15 is 0 Å². The topological polar surface area (TPSA) is 93.0 Å². The molecule has 0 aromatic carbocycles. The average Bonchev–Trinajstić information content (AvgIpc) is 2.42. The van der Waals surface area contributed by atoms with Crippen LogP contribution in [-0.4, -0.2) is 35.1 Å². The van der Waals surface area contributed by atoms with Crippen LogP contribution in [0, 0.1) is 0 Å². The van der Waals surface area contributed by atoms with Gasteiger partial charge in [-0.3, -0.25) is 5.32 Å². The zero-order valence-electron chi connectivity index (χ0n) is 13.0. The van der Waals surface area contributed by atoms with Gasteiger partial charge in [0.25, 0.3) is 0 Å². The van der Waals surface area contributed by atoms with Gasteiger partial charge in [0.05, 0.1) is 5.56 Å². The number of pyridine rings is 1. The molecule has 0 spiro atoms. The Labute approximate surface area is 129 Å². The molecule has 0 saturated carbocycles. The summed E-state index contributed by atoms with van der Waals surface area (Å²) in [6.45, 7) is 8.52. The van der Waals surface area contributed by atoms with Gasteiger partial charge in [-0.25, -0.2) is 9.78 Å². The first-order chi connectivity index (χ1) is 10.4. The van der Waals surface area contributed by atoms with Crippen molar-refractivity contribution < 1.29 is 19.5 Å². The van der Waals surface area contributed by atoms with E-state index in [9.17, 15) is 4.79 Å². The number of ether oxygens (including phenoxy) is 1. The molecule has 0 aliphatic carbocycles. The predicted molar refractivity (Wildman–Crippen MR) is 84.4 cm³/mol. The molecule has 0 atom stereocenters. The van der Waals surface area contributed by atoms with Crippen molar-refractivity contribution in [2.24, 2.45) is 5.16 Å². The van der Waals surface area contributed by atoms with Crippen LogP contribution in [0.25, 0.3) is 5.76 Å². The lowest BCUT2D eigenvalue weighted by Gasteiger charge is -2.20. The number of anilines is 1. The Morgan fingerprint density at radius 3 is 2.86 bits per heavy atom. The molecule has 1 aromatic heterocycles. The molecule has 2 N–H and O–H groups in total. The molecule has 0 radical (unpaired) electrons. The smallest absolute Gasteiger partial charge is 0.413 e. The molecule has 1 rings (SSSR count). The minimum absolute atomic E-state index is 0.0426. The third kappa shape index (κ3) is 5.92. The maximum Gasteiger partial charge on any atom is 0.413 e. The first kappa shape index (κ1) is 17.6. The van der Waals surface area contributed by atoms with E-state index in [4.69, 9.17) is 14.7 Å². The molecule has 1 amide bonds.